The Balaban J connectivity index is 1.59. The summed E-state index contributed by atoms with van der Waals surface area (Å²) < 4.78 is 6.34. The van der Waals surface area contributed by atoms with Crippen molar-refractivity contribution in [2.75, 3.05) is 29.5 Å². The highest BCUT2D eigenvalue weighted by Gasteiger charge is 2.30. The van der Waals surface area contributed by atoms with E-state index in [1.165, 1.54) is 16.2 Å². The second-order valence-corrected chi connectivity index (χ2v) is 8.31. The van der Waals surface area contributed by atoms with Crippen LogP contribution in [0, 0.1) is 0 Å². The molecule has 2 heterocycles. The number of aromatic nitrogens is 1. The van der Waals surface area contributed by atoms with Crippen molar-refractivity contribution in [3.05, 3.63) is 71.0 Å². The Labute approximate surface area is 186 Å². The average Bonchev–Trinajstić information content (AvgIpc) is 3.24. The lowest BCUT2D eigenvalue weighted by Gasteiger charge is -2.30. The number of amides is 2. The summed E-state index contributed by atoms with van der Waals surface area (Å²) >= 11 is 4.78. The van der Waals surface area contributed by atoms with Gasteiger partial charge in [-0.2, -0.15) is 0 Å². The molecule has 3 aromatic rings. The van der Waals surface area contributed by atoms with Gasteiger partial charge in [0.25, 0.3) is 5.91 Å². The third kappa shape index (κ3) is 4.15. The van der Waals surface area contributed by atoms with Crippen molar-refractivity contribution in [2.45, 2.75) is 0 Å². The third-order valence-electron chi connectivity index (χ3n) is 4.56. The molecular formula is C22H18BrN3O3S. The van der Waals surface area contributed by atoms with Crippen LogP contribution in [0.4, 0.5) is 10.8 Å². The first-order valence-corrected chi connectivity index (χ1v) is 10.9. The number of halogens is 1. The van der Waals surface area contributed by atoms with Gasteiger partial charge in [0.1, 0.15) is 12.3 Å². The Morgan fingerprint density at radius 1 is 1.30 bits per heavy atom. The topological polar surface area (TPSA) is 62.7 Å². The number of carbonyl (C=O) groups is 2. The number of nitrogens with zero attached hydrogens (tertiary/aromatic N) is 3. The van der Waals surface area contributed by atoms with E-state index in [9.17, 15) is 9.59 Å². The van der Waals surface area contributed by atoms with Crippen molar-refractivity contribution >= 4 is 49.9 Å². The number of hydrogen-bond donors (Lipinski definition) is 0. The van der Waals surface area contributed by atoms with E-state index in [2.05, 4.69) is 27.5 Å². The predicted molar refractivity (Wildman–Crippen MR) is 122 cm³/mol. The van der Waals surface area contributed by atoms with E-state index in [0.29, 0.717) is 23.1 Å². The highest BCUT2D eigenvalue weighted by molar-refractivity contribution is 9.10. The highest BCUT2D eigenvalue weighted by Crippen LogP contribution is 2.35. The summed E-state index contributed by atoms with van der Waals surface area (Å²) in [5.74, 6) is 0.0569. The van der Waals surface area contributed by atoms with Crippen LogP contribution >= 0.6 is 27.3 Å². The van der Waals surface area contributed by atoms with Crippen LogP contribution in [-0.2, 0) is 9.59 Å². The fourth-order valence-electron chi connectivity index (χ4n) is 3.12. The van der Waals surface area contributed by atoms with Crippen LogP contribution in [0.5, 0.6) is 5.75 Å². The highest BCUT2D eigenvalue weighted by atomic mass is 79.9. The van der Waals surface area contributed by atoms with Crippen molar-refractivity contribution in [3.8, 4) is 17.0 Å². The van der Waals surface area contributed by atoms with Gasteiger partial charge in [-0.05, 0) is 18.2 Å². The molecule has 2 aromatic carbocycles. The lowest BCUT2D eigenvalue weighted by molar-refractivity contribution is -0.124. The first-order valence-electron chi connectivity index (χ1n) is 9.21. The number of carbonyl (C=O) groups excluding carboxylic acids is 2. The maximum atomic E-state index is 13.2. The second-order valence-electron chi connectivity index (χ2n) is 6.55. The molecule has 0 saturated heterocycles. The van der Waals surface area contributed by atoms with Gasteiger partial charge in [-0.3, -0.25) is 19.4 Å². The molecule has 0 bridgehead atoms. The molecule has 0 atom stereocenters. The lowest BCUT2D eigenvalue weighted by atomic mass is 10.2. The Kier molecular flexibility index (Phi) is 5.96. The maximum absolute atomic E-state index is 13.2. The quantitative estimate of drug-likeness (QED) is 0.483. The maximum Gasteiger partial charge on any atom is 0.265 e. The van der Waals surface area contributed by atoms with Crippen molar-refractivity contribution in [1.29, 1.82) is 0 Å². The number of rotatable bonds is 6. The van der Waals surface area contributed by atoms with Gasteiger partial charge in [0.15, 0.2) is 11.7 Å². The molecule has 1 aliphatic rings. The number of fused-ring (bicyclic) bond motifs is 1. The molecule has 6 nitrogen and oxygen atoms in total. The zero-order valence-corrected chi connectivity index (χ0v) is 18.4. The van der Waals surface area contributed by atoms with Gasteiger partial charge in [0.05, 0.1) is 11.4 Å². The van der Waals surface area contributed by atoms with Gasteiger partial charge in [0.2, 0.25) is 5.91 Å². The van der Waals surface area contributed by atoms with E-state index in [0.717, 1.165) is 15.7 Å². The van der Waals surface area contributed by atoms with Crippen LogP contribution in [0.3, 0.4) is 0 Å². The van der Waals surface area contributed by atoms with Gasteiger partial charge < -0.3 is 4.74 Å². The van der Waals surface area contributed by atoms with Gasteiger partial charge in [-0.1, -0.05) is 52.3 Å². The van der Waals surface area contributed by atoms with Crippen LogP contribution in [0.25, 0.3) is 11.3 Å². The summed E-state index contributed by atoms with van der Waals surface area (Å²) in [5, 5.41) is 2.48. The molecule has 1 aliphatic heterocycles. The van der Waals surface area contributed by atoms with Crippen molar-refractivity contribution in [1.82, 2.24) is 4.98 Å². The van der Waals surface area contributed by atoms with Crippen LogP contribution in [0.15, 0.2) is 71.0 Å². The first-order chi connectivity index (χ1) is 14.6. The molecule has 2 amide bonds. The molecule has 0 aliphatic carbocycles. The fourth-order valence-corrected chi connectivity index (χ4v) is 4.32. The minimum Gasteiger partial charge on any atom is -0.482 e. The van der Waals surface area contributed by atoms with E-state index in [1.807, 2.05) is 41.8 Å². The van der Waals surface area contributed by atoms with E-state index < -0.39 is 0 Å². The van der Waals surface area contributed by atoms with Gasteiger partial charge in [-0.15, -0.1) is 17.9 Å². The summed E-state index contributed by atoms with van der Waals surface area (Å²) in [7, 11) is 0. The van der Waals surface area contributed by atoms with E-state index >= 15 is 0 Å². The Hall–Kier alpha value is -2.97. The number of benzene rings is 2. The summed E-state index contributed by atoms with van der Waals surface area (Å²) in [6.07, 6.45) is 1.65. The molecule has 152 valence electrons. The Morgan fingerprint density at radius 2 is 2.10 bits per heavy atom. The van der Waals surface area contributed by atoms with Crippen LogP contribution in [0.1, 0.15) is 0 Å². The third-order valence-corrected chi connectivity index (χ3v) is 5.92. The molecule has 8 heteroatoms. The number of hydrogen-bond acceptors (Lipinski definition) is 5. The molecule has 0 radical (unpaired) electrons. The zero-order valence-electron chi connectivity index (χ0n) is 16.0. The van der Waals surface area contributed by atoms with Gasteiger partial charge in [-0.25, -0.2) is 4.98 Å². The number of anilines is 2. The fraction of sp³-hybridized carbons (Fsp3) is 0.136. The molecule has 0 fully saturated rings. The normalized spacial score (nSPS) is 12.8. The lowest BCUT2D eigenvalue weighted by Crippen LogP contribution is -2.46. The summed E-state index contributed by atoms with van der Waals surface area (Å²) in [6.45, 7) is 3.85. The zero-order chi connectivity index (χ0) is 21.1. The summed E-state index contributed by atoms with van der Waals surface area (Å²) in [5.41, 5.74) is 2.36. The minimum absolute atomic E-state index is 0.104. The summed E-state index contributed by atoms with van der Waals surface area (Å²) in [6, 6.07) is 15.1. The largest absolute Gasteiger partial charge is 0.482 e. The minimum atomic E-state index is -0.263. The molecule has 1 aromatic heterocycles. The standard InChI is InChI=1S/C22H18BrN3O3S/c1-2-10-25(22-24-17(14-30-22)15-6-4-3-5-7-15)20(27)12-26-18-9-8-16(23)11-19(18)29-13-21(26)28/h2-9,11,14H,1,10,12-13H2. The number of thiazole rings is 1. The predicted octanol–water partition coefficient (Wildman–Crippen LogP) is 4.52. The van der Waals surface area contributed by atoms with Crippen molar-refractivity contribution < 1.29 is 14.3 Å². The van der Waals surface area contributed by atoms with E-state index in [1.54, 1.807) is 23.1 Å². The molecule has 0 N–H and O–H groups in total. The second kappa shape index (κ2) is 8.81. The summed E-state index contributed by atoms with van der Waals surface area (Å²) in [4.78, 5) is 33.3. The monoisotopic (exact) mass is 483 g/mol. The van der Waals surface area contributed by atoms with Crippen LogP contribution in [0.2, 0.25) is 0 Å². The molecule has 0 unspecified atom stereocenters. The Morgan fingerprint density at radius 3 is 2.87 bits per heavy atom. The van der Waals surface area contributed by atoms with Crippen LogP contribution in [-0.4, -0.2) is 36.5 Å². The van der Waals surface area contributed by atoms with Crippen molar-refractivity contribution in [2.24, 2.45) is 0 Å². The molecule has 0 spiro atoms. The van der Waals surface area contributed by atoms with E-state index in [4.69, 9.17) is 4.74 Å². The van der Waals surface area contributed by atoms with Crippen molar-refractivity contribution in [3.63, 3.8) is 0 Å². The van der Waals surface area contributed by atoms with Gasteiger partial charge >= 0.3 is 0 Å². The van der Waals surface area contributed by atoms with E-state index in [-0.39, 0.29) is 25.0 Å². The van der Waals surface area contributed by atoms with Crippen LogP contribution < -0.4 is 14.5 Å². The van der Waals surface area contributed by atoms with Gasteiger partial charge in [0, 0.05) is 22.0 Å². The smallest absolute Gasteiger partial charge is 0.265 e. The average molecular weight is 484 g/mol. The SMILES string of the molecule is C=CCN(C(=O)CN1C(=O)COc2cc(Br)ccc21)c1nc(-c2ccccc2)cs1. The molecule has 30 heavy (non-hydrogen) atoms. The first kappa shape index (κ1) is 20.3. The Bertz CT molecular complexity index is 1100. The molecule has 0 saturated carbocycles. The molecule has 4 rings (SSSR count). The number of ether oxygens (including phenoxy) is 1. The molecular weight excluding hydrogens is 466 g/mol.